The Balaban J connectivity index is 2.63. The molecule has 2 heterocycles. The van der Waals surface area contributed by atoms with E-state index in [9.17, 15) is 9.90 Å². The van der Waals surface area contributed by atoms with E-state index in [1.54, 1.807) is 12.3 Å². The summed E-state index contributed by atoms with van der Waals surface area (Å²) in [5, 5.41) is 9.74. The maximum Gasteiger partial charge on any atom is 0.266 e. The lowest BCUT2D eigenvalue weighted by molar-refractivity contribution is 0.442. The van der Waals surface area contributed by atoms with Gasteiger partial charge in [0.2, 0.25) is 11.7 Å². The Hall–Kier alpha value is -1.91. The van der Waals surface area contributed by atoms with Gasteiger partial charge in [-0.3, -0.25) is 9.20 Å². The lowest BCUT2D eigenvalue weighted by Gasteiger charge is -2.05. The molecule has 2 aromatic heterocycles. The van der Waals surface area contributed by atoms with Gasteiger partial charge in [0, 0.05) is 11.9 Å². The van der Waals surface area contributed by atoms with Crippen molar-refractivity contribution in [3.63, 3.8) is 0 Å². The molecule has 0 bridgehead atoms. The number of hydrogen-bond acceptors (Lipinski definition) is 4. The average Bonchev–Trinajstić information content (AvgIpc) is 2.28. The predicted molar refractivity (Wildman–Crippen MR) is 64.3 cm³/mol. The summed E-state index contributed by atoms with van der Waals surface area (Å²) in [5.74, 6) is 0.0503. The second kappa shape index (κ2) is 4.53. The van der Waals surface area contributed by atoms with Crippen molar-refractivity contribution in [1.29, 1.82) is 0 Å². The molecular formula is C12H15N3O2. The molecule has 0 spiro atoms. The third-order valence-corrected chi connectivity index (χ3v) is 2.69. The number of aromatic nitrogens is 3. The zero-order valence-corrected chi connectivity index (χ0v) is 9.97. The molecule has 0 amide bonds. The second-order valence-electron chi connectivity index (χ2n) is 4.06. The van der Waals surface area contributed by atoms with Gasteiger partial charge in [-0.25, -0.2) is 4.98 Å². The summed E-state index contributed by atoms with van der Waals surface area (Å²) in [6.45, 7) is 3.85. The molecule has 0 saturated heterocycles. The Labute approximate surface area is 98.8 Å². The number of hydrogen-bond donors (Lipinski definition) is 1. The molecule has 0 aromatic carbocycles. The van der Waals surface area contributed by atoms with Gasteiger partial charge in [-0.2, -0.15) is 4.98 Å². The fourth-order valence-corrected chi connectivity index (χ4v) is 1.71. The van der Waals surface area contributed by atoms with Gasteiger partial charge in [0.1, 0.15) is 0 Å². The van der Waals surface area contributed by atoms with Crippen molar-refractivity contribution in [2.45, 2.75) is 33.1 Å². The van der Waals surface area contributed by atoms with Gasteiger partial charge in [0.25, 0.3) is 5.56 Å². The molecule has 0 radical (unpaired) electrons. The first-order valence-electron chi connectivity index (χ1n) is 5.71. The van der Waals surface area contributed by atoms with Crippen LogP contribution in [0.5, 0.6) is 5.88 Å². The van der Waals surface area contributed by atoms with E-state index in [-0.39, 0.29) is 17.2 Å². The quantitative estimate of drug-likeness (QED) is 0.871. The topological polar surface area (TPSA) is 67.5 Å². The van der Waals surface area contributed by atoms with Crippen molar-refractivity contribution in [2.75, 3.05) is 0 Å². The van der Waals surface area contributed by atoms with Crippen LogP contribution in [0.4, 0.5) is 0 Å². The molecule has 0 aliphatic carbocycles. The van der Waals surface area contributed by atoms with Crippen molar-refractivity contribution in [3.05, 3.63) is 33.9 Å². The highest BCUT2D eigenvalue weighted by molar-refractivity contribution is 5.36. The van der Waals surface area contributed by atoms with Crippen LogP contribution in [0, 0.1) is 6.92 Å². The number of unbranched alkanes of at least 4 members (excludes halogenated alkanes) is 1. The molecule has 17 heavy (non-hydrogen) atoms. The predicted octanol–water partition coefficient (Wildman–Crippen LogP) is 1.45. The Morgan fingerprint density at radius 3 is 2.88 bits per heavy atom. The lowest BCUT2D eigenvalue weighted by atomic mass is 10.1. The summed E-state index contributed by atoms with van der Waals surface area (Å²) >= 11 is 0. The standard InChI is InChI=1S/C12H15N3O2/c1-3-4-5-9-10(16)14-12-13-8(2)6-7-15(12)11(9)17/h6-7,16H,3-5H2,1-2H3. The van der Waals surface area contributed by atoms with E-state index < -0.39 is 0 Å². The normalized spacial score (nSPS) is 10.9. The third-order valence-electron chi connectivity index (χ3n) is 2.69. The first-order chi connectivity index (χ1) is 8.13. The van der Waals surface area contributed by atoms with E-state index in [2.05, 4.69) is 9.97 Å². The molecule has 1 N–H and O–H groups in total. The molecule has 5 heteroatoms. The molecule has 0 aliphatic heterocycles. The second-order valence-corrected chi connectivity index (χ2v) is 4.06. The summed E-state index contributed by atoms with van der Waals surface area (Å²) in [6, 6.07) is 1.75. The Bertz CT molecular complexity index is 604. The van der Waals surface area contributed by atoms with E-state index in [1.807, 2.05) is 13.8 Å². The molecule has 0 unspecified atom stereocenters. The fraction of sp³-hybridized carbons (Fsp3) is 0.417. The Morgan fingerprint density at radius 2 is 2.18 bits per heavy atom. The SMILES string of the molecule is CCCCc1c(O)nc2nc(C)ccn2c1=O. The first kappa shape index (κ1) is 11.6. The number of nitrogens with zero attached hydrogens (tertiary/aromatic N) is 3. The molecule has 0 fully saturated rings. The van der Waals surface area contributed by atoms with E-state index in [4.69, 9.17) is 0 Å². The average molecular weight is 233 g/mol. The first-order valence-corrected chi connectivity index (χ1v) is 5.71. The van der Waals surface area contributed by atoms with Crippen molar-refractivity contribution in [1.82, 2.24) is 14.4 Å². The summed E-state index contributed by atoms with van der Waals surface area (Å²) in [4.78, 5) is 20.2. The molecule has 2 aromatic rings. The van der Waals surface area contributed by atoms with Crippen LogP contribution in [-0.2, 0) is 6.42 Å². The van der Waals surface area contributed by atoms with Crippen LogP contribution >= 0.6 is 0 Å². The smallest absolute Gasteiger partial charge is 0.266 e. The lowest BCUT2D eigenvalue weighted by Crippen LogP contribution is -2.20. The van der Waals surface area contributed by atoms with Crippen molar-refractivity contribution < 1.29 is 5.11 Å². The third kappa shape index (κ3) is 2.13. The summed E-state index contributed by atoms with van der Waals surface area (Å²) in [6.07, 6.45) is 4.01. The zero-order valence-electron chi connectivity index (χ0n) is 9.97. The highest BCUT2D eigenvalue weighted by Crippen LogP contribution is 2.12. The van der Waals surface area contributed by atoms with Crippen LogP contribution in [0.15, 0.2) is 17.1 Å². The van der Waals surface area contributed by atoms with Crippen LogP contribution in [0.2, 0.25) is 0 Å². The molecule has 2 rings (SSSR count). The van der Waals surface area contributed by atoms with Crippen LogP contribution in [0.1, 0.15) is 31.0 Å². The summed E-state index contributed by atoms with van der Waals surface area (Å²) in [5.41, 5.74) is 0.904. The largest absolute Gasteiger partial charge is 0.493 e. The molecule has 90 valence electrons. The van der Waals surface area contributed by atoms with Crippen LogP contribution < -0.4 is 5.56 Å². The molecule has 5 nitrogen and oxygen atoms in total. The van der Waals surface area contributed by atoms with E-state index >= 15 is 0 Å². The van der Waals surface area contributed by atoms with Crippen molar-refractivity contribution in [3.8, 4) is 5.88 Å². The monoisotopic (exact) mass is 233 g/mol. The van der Waals surface area contributed by atoms with Gasteiger partial charge in [-0.1, -0.05) is 13.3 Å². The van der Waals surface area contributed by atoms with Crippen LogP contribution in [0.3, 0.4) is 0 Å². The minimum atomic E-state index is -0.228. The maximum atomic E-state index is 12.1. The van der Waals surface area contributed by atoms with Gasteiger partial charge in [0.05, 0.1) is 5.56 Å². The highest BCUT2D eigenvalue weighted by atomic mass is 16.3. The molecular weight excluding hydrogens is 218 g/mol. The number of rotatable bonds is 3. The number of fused-ring (bicyclic) bond motifs is 1. The maximum absolute atomic E-state index is 12.1. The zero-order chi connectivity index (χ0) is 12.4. The summed E-state index contributed by atoms with van der Waals surface area (Å²) < 4.78 is 1.37. The van der Waals surface area contributed by atoms with E-state index in [0.717, 1.165) is 18.5 Å². The van der Waals surface area contributed by atoms with Crippen LogP contribution in [-0.4, -0.2) is 19.5 Å². The van der Waals surface area contributed by atoms with Gasteiger partial charge >= 0.3 is 0 Å². The van der Waals surface area contributed by atoms with Gasteiger partial charge in [-0.15, -0.1) is 0 Å². The van der Waals surface area contributed by atoms with Gasteiger partial charge < -0.3 is 5.11 Å². The summed E-state index contributed by atoms with van der Waals surface area (Å²) in [7, 11) is 0. The van der Waals surface area contributed by atoms with E-state index in [0.29, 0.717) is 12.0 Å². The van der Waals surface area contributed by atoms with Crippen LogP contribution in [0.25, 0.3) is 5.78 Å². The fourth-order valence-electron chi connectivity index (χ4n) is 1.71. The Morgan fingerprint density at radius 1 is 1.41 bits per heavy atom. The van der Waals surface area contributed by atoms with Crippen molar-refractivity contribution in [2.24, 2.45) is 0 Å². The Kier molecular flexibility index (Phi) is 3.08. The van der Waals surface area contributed by atoms with Gasteiger partial charge in [-0.05, 0) is 25.8 Å². The van der Waals surface area contributed by atoms with Crippen molar-refractivity contribution >= 4 is 5.78 Å². The minimum absolute atomic E-state index is 0.193. The molecule has 0 aliphatic rings. The molecule has 0 atom stereocenters. The number of aryl methyl sites for hydroxylation is 1. The highest BCUT2D eigenvalue weighted by Gasteiger charge is 2.11. The van der Waals surface area contributed by atoms with E-state index in [1.165, 1.54) is 4.40 Å². The number of aromatic hydroxyl groups is 1. The van der Waals surface area contributed by atoms with Gasteiger partial charge in [0.15, 0.2) is 0 Å². The molecule has 0 saturated carbocycles. The minimum Gasteiger partial charge on any atom is -0.493 e.